The zero-order valence-electron chi connectivity index (χ0n) is 13.8. The van der Waals surface area contributed by atoms with Crippen molar-refractivity contribution in [1.29, 1.82) is 0 Å². The van der Waals surface area contributed by atoms with Gasteiger partial charge in [-0.3, -0.25) is 4.79 Å². The fraction of sp³-hybridized carbons (Fsp3) is 0.250. The highest BCUT2D eigenvalue weighted by atomic mass is 35.5. The van der Waals surface area contributed by atoms with E-state index in [1.807, 2.05) is 37.3 Å². The van der Waals surface area contributed by atoms with Gasteiger partial charge in [-0.05, 0) is 43.0 Å². The summed E-state index contributed by atoms with van der Waals surface area (Å²) in [5.41, 5.74) is 1.30. The quantitative estimate of drug-likeness (QED) is 0.712. The third kappa shape index (κ3) is 3.74. The monoisotopic (exact) mass is 361 g/mol. The molecule has 1 heterocycles. The molecule has 1 unspecified atom stereocenters. The van der Waals surface area contributed by atoms with Gasteiger partial charge in [0.1, 0.15) is 5.82 Å². The highest BCUT2D eigenvalue weighted by Gasteiger charge is 2.27. The Morgan fingerprint density at radius 2 is 1.88 bits per heavy atom. The van der Waals surface area contributed by atoms with Crippen LogP contribution < -0.4 is 0 Å². The molecule has 2 nitrogen and oxygen atoms in total. The molecule has 0 saturated carbocycles. The lowest BCUT2D eigenvalue weighted by Crippen LogP contribution is -2.41. The summed E-state index contributed by atoms with van der Waals surface area (Å²) in [5.74, 6) is -1.75. The normalized spacial score (nSPS) is 15.9. The zero-order valence-corrected chi connectivity index (χ0v) is 14.6. The van der Waals surface area contributed by atoms with Crippen molar-refractivity contribution >= 4 is 23.1 Å². The Morgan fingerprint density at radius 1 is 1.16 bits per heavy atom. The van der Waals surface area contributed by atoms with Gasteiger partial charge >= 0.3 is 0 Å². The van der Waals surface area contributed by atoms with Gasteiger partial charge in [0.2, 0.25) is 5.91 Å². The maximum absolute atomic E-state index is 14.2. The van der Waals surface area contributed by atoms with Crippen LogP contribution in [0.3, 0.4) is 0 Å². The lowest BCUT2D eigenvalue weighted by atomic mass is 9.96. The zero-order chi connectivity index (χ0) is 18.0. The SMILES string of the molecule is CC(Cc1ccccc1)N1CCC(c2c(F)ccc(Cl)c2F)=CC1=O. The molecule has 1 atom stereocenters. The Labute approximate surface area is 150 Å². The Morgan fingerprint density at radius 3 is 2.56 bits per heavy atom. The van der Waals surface area contributed by atoms with Gasteiger partial charge in [-0.2, -0.15) is 0 Å². The van der Waals surface area contributed by atoms with E-state index in [9.17, 15) is 13.6 Å². The summed E-state index contributed by atoms with van der Waals surface area (Å²) in [6, 6.07) is 12.2. The molecule has 1 aliphatic heterocycles. The van der Waals surface area contributed by atoms with E-state index >= 15 is 0 Å². The summed E-state index contributed by atoms with van der Waals surface area (Å²) in [7, 11) is 0. The lowest BCUT2D eigenvalue weighted by molar-refractivity contribution is -0.128. The van der Waals surface area contributed by atoms with Crippen LogP contribution in [0.25, 0.3) is 5.57 Å². The molecule has 0 aliphatic carbocycles. The van der Waals surface area contributed by atoms with Gasteiger partial charge in [-0.25, -0.2) is 8.78 Å². The highest BCUT2D eigenvalue weighted by Crippen LogP contribution is 2.31. The Bertz CT molecular complexity index is 820. The number of halogens is 3. The fourth-order valence-electron chi connectivity index (χ4n) is 3.18. The fourth-order valence-corrected chi connectivity index (χ4v) is 3.33. The van der Waals surface area contributed by atoms with E-state index in [4.69, 9.17) is 11.6 Å². The first-order chi connectivity index (χ1) is 12.0. The molecule has 2 aromatic rings. The van der Waals surface area contributed by atoms with E-state index in [0.29, 0.717) is 18.5 Å². The minimum absolute atomic E-state index is 0.00163. The van der Waals surface area contributed by atoms with Crippen molar-refractivity contribution in [2.75, 3.05) is 6.54 Å². The van der Waals surface area contributed by atoms with Crippen molar-refractivity contribution in [2.45, 2.75) is 25.8 Å². The number of benzene rings is 2. The van der Waals surface area contributed by atoms with Crippen LogP contribution in [0.1, 0.15) is 24.5 Å². The molecule has 0 N–H and O–H groups in total. The van der Waals surface area contributed by atoms with E-state index in [1.165, 1.54) is 12.1 Å². The second-order valence-corrected chi connectivity index (χ2v) is 6.62. The molecular formula is C20H18ClF2NO. The number of hydrogen-bond acceptors (Lipinski definition) is 1. The molecule has 3 rings (SSSR count). The summed E-state index contributed by atoms with van der Waals surface area (Å²) in [6.07, 6.45) is 2.44. The van der Waals surface area contributed by atoms with Crippen molar-refractivity contribution in [3.05, 3.63) is 76.3 Å². The maximum atomic E-state index is 14.2. The predicted molar refractivity (Wildman–Crippen MR) is 95.3 cm³/mol. The van der Waals surface area contributed by atoms with Crippen LogP contribution in [0.4, 0.5) is 8.78 Å². The summed E-state index contributed by atoms with van der Waals surface area (Å²) >= 11 is 5.75. The first kappa shape index (κ1) is 17.6. The van der Waals surface area contributed by atoms with Crippen LogP contribution in [0.2, 0.25) is 5.02 Å². The average Bonchev–Trinajstić information content (AvgIpc) is 2.59. The first-order valence-corrected chi connectivity index (χ1v) is 8.54. The van der Waals surface area contributed by atoms with Crippen molar-refractivity contribution in [1.82, 2.24) is 4.90 Å². The molecule has 25 heavy (non-hydrogen) atoms. The van der Waals surface area contributed by atoms with Gasteiger partial charge in [0.25, 0.3) is 0 Å². The average molecular weight is 362 g/mol. The van der Waals surface area contributed by atoms with Crippen molar-refractivity contribution in [2.24, 2.45) is 0 Å². The van der Waals surface area contributed by atoms with Crippen LogP contribution in [-0.4, -0.2) is 23.4 Å². The van der Waals surface area contributed by atoms with Gasteiger partial charge in [-0.1, -0.05) is 41.9 Å². The summed E-state index contributed by atoms with van der Waals surface area (Å²) < 4.78 is 28.2. The van der Waals surface area contributed by atoms with Crippen molar-refractivity contribution in [3.63, 3.8) is 0 Å². The van der Waals surface area contributed by atoms with E-state index in [1.54, 1.807) is 4.90 Å². The van der Waals surface area contributed by atoms with Gasteiger partial charge in [0.15, 0.2) is 5.82 Å². The second kappa shape index (κ2) is 7.36. The number of amides is 1. The van der Waals surface area contributed by atoms with Crippen molar-refractivity contribution in [3.8, 4) is 0 Å². The van der Waals surface area contributed by atoms with Crippen LogP contribution in [0.15, 0.2) is 48.5 Å². The number of carbonyl (C=O) groups excluding carboxylic acids is 1. The highest BCUT2D eigenvalue weighted by molar-refractivity contribution is 6.31. The topological polar surface area (TPSA) is 20.3 Å². The number of nitrogens with zero attached hydrogens (tertiary/aromatic N) is 1. The molecule has 130 valence electrons. The van der Waals surface area contributed by atoms with Crippen LogP contribution >= 0.6 is 11.6 Å². The van der Waals surface area contributed by atoms with Gasteiger partial charge in [0, 0.05) is 18.7 Å². The molecule has 5 heteroatoms. The summed E-state index contributed by atoms with van der Waals surface area (Å²) in [4.78, 5) is 14.2. The standard InChI is InChI=1S/C20H18ClF2NO/c1-13(11-14-5-3-2-4-6-14)24-10-9-15(12-18(24)25)19-17(22)8-7-16(21)20(19)23/h2-8,12-13H,9-11H2,1H3. The molecule has 0 radical (unpaired) electrons. The van der Waals surface area contributed by atoms with E-state index < -0.39 is 11.6 Å². The summed E-state index contributed by atoms with van der Waals surface area (Å²) in [6.45, 7) is 2.40. The Hall–Kier alpha value is -2.20. The lowest BCUT2D eigenvalue weighted by Gasteiger charge is -2.32. The van der Waals surface area contributed by atoms with E-state index in [0.717, 1.165) is 18.1 Å². The number of hydrogen-bond donors (Lipinski definition) is 0. The number of carbonyl (C=O) groups is 1. The third-order valence-corrected chi connectivity index (χ3v) is 4.77. The van der Waals surface area contributed by atoms with E-state index in [2.05, 4.69) is 0 Å². The van der Waals surface area contributed by atoms with Gasteiger partial charge in [-0.15, -0.1) is 0 Å². The second-order valence-electron chi connectivity index (χ2n) is 6.21. The number of rotatable bonds is 4. The van der Waals surface area contributed by atoms with Crippen molar-refractivity contribution < 1.29 is 13.6 Å². The molecule has 2 aromatic carbocycles. The third-order valence-electron chi connectivity index (χ3n) is 4.47. The minimum atomic E-state index is -0.813. The molecule has 0 spiro atoms. The smallest absolute Gasteiger partial charge is 0.247 e. The van der Waals surface area contributed by atoms with Crippen LogP contribution in [-0.2, 0) is 11.2 Å². The predicted octanol–water partition coefficient (Wildman–Crippen LogP) is 4.87. The molecular weight excluding hydrogens is 344 g/mol. The van der Waals surface area contributed by atoms with Crippen LogP contribution in [0, 0.1) is 11.6 Å². The van der Waals surface area contributed by atoms with Gasteiger partial charge < -0.3 is 4.90 Å². The molecule has 1 aliphatic rings. The molecule has 0 saturated heterocycles. The maximum Gasteiger partial charge on any atom is 0.247 e. The first-order valence-electron chi connectivity index (χ1n) is 8.16. The van der Waals surface area contributed by atoms with Crippen LogP contribution in [0.5, 0.6) is 0 Å². The molecule has 0 fully saturated rings. The largest absolute Gasteiger partial charge is 0.336 e. The van der Waals surface area contributed by atoms with E-state index in [-0.39, 0.29) is 22.5 Å². The van der Waals surface area contributed by atoms with Gasteiger partial charge in [0.05, 0.1) is 10.6 Å². The Kier molecular flexibility index (Phi) is 5.19. The molecule has 1 amide bonds. The summed E-state index contributed by atoms with van der Waals surface area (Å²) in [5, 5.41) is -0.148. The minimum Gasteiger partial charge on any atom is -0.336 e. The Balaban J connectivity index is 1.80. The molecule has 0 bridgehead atoms. The molecule has 0 aromatic heterocycles.